The molecule has 0 atom stereocenters. The van der Waals surface area contributed by atoms with E-state index in [0.717, 1.165) is 43.9 Å². The number of benzene rings is 1. The highest BCUT2D eigenvalue weighted by molar-refractivity contribution is 5.85. The molecule has 0 aliphatic carbocycles. The van der Waals surface area contributed by atoms with Crippen LogP contribution in [-0.2, 0) is 11.3 Å². The van der Waals surface area contributed by atoms with Gasteiger partial charge in [-0.2, -0.15) is 0 Å². The van der Waals surface area contributed by atoms with Crippen molar-refractivity contribution in [2.24, 2.45) is 0 Å². The van der Waals surface area contributed by atoms with Crippen molar-refractivity contribution in [2.45, 2.75) is 13.0 Å². The molecule has 0 unspecified atom stereocenters. The minimum atomic E-state index is 0. The summed E-state index contributed by atoms with van der Waals surface area (Å²) in [4.78, 5) is 14.1. The van der Waals surface area contributed by atoms with Crippen molar-refractivity contribution < 1.29 is 9.53 Å². The Morgan fingerprint density at radius 2 is 2.24 bits per heavy atom. The molecule has 1 fully saturated rings. The molecule has 21 heavy (non-hydrogen) atoms. The maximum Gasteiger partial charge on any atom is 0.234 e. The Labute approximate surface area is 132 Å². The van der Waals surface area contributed by atoms with E-state index in [0.29, 0.717) is 13.1 Å². The molecule has 0 bridgehead atoms. The van der Waals surface area contributed by atoms with E-state index in [1.54, 1.807) is 7.11 Å². The molecule has 6 heteroatoms. The largest absolute Gasteiger partial charge is 0.497 e. The topological polar surface area (TPSA) is 53.6 Å². The second-order valence-electron chi connectivity index (χ2n) is 5.01. The first kappa shape index (κ1) is 17.8. The molecule has 1 aliphatic rings. The summed E-state index contributed by atoms with van der Waals surface area (Å²) in [5.74, 6) is 0.894. The maximum atomic E-state index is 11.9. The smallest absolute Gasteiger partial charge is 0.234 e. The van der Waals surface area contributed by atoms with E-state index in [-0.39, 0.29) is 18.3 Å². The highest BCUT2D eigenvalue weighted by Crippen LogP contribution is 2.12. The molecule has 2 rings (SSSR count). The number of methoxy groups -OCH3 is 1. The van der Waals surface area contributed by atoms with Crippen molar-refractivity contribution in [1.82, 2.24) is 15.5 Å². The van der Waals surface area contributed by atoms with Crippen LogP contribution in [0.15, 0.2) is 24.3 Å². The van der Waals surface area contributed by atoms with Gasteiger partial charge in [0.05, 0.1) is 13.7 Å². The van der Waals surface area contributed by atoms with Crippen LogP contribution >= 0.6 is 12.4 Å². The van der Waals surface area contributed by atoms with E-state index in [4.69, 9.17) is 4.74 Å². The summed E-state index contributed by atoms with van der Waals surface area (Å²) in [5.41, 5.74) is 1.05. The van der Waals surface area contributed by atoms with E-state index in [1.807, 2.05) is 24.3 Å². The second-order valence-corrected chi connectivity index (χ2v) is 5.01. The van der Waals surface area contributed by atoms with Gasteiger partial charge in [-0.05, 0) is 37.2 Å². The maximum absolute atomic E-state index is 11.9. The minimum absolute atomic E-state index is 0. The number of rotatable bonds is 5. The summed E-state index contributed by atoms with van der Waals surface area (Å²) in [6, 6.07) is 7.76. The molecule has 1 aromatic rings. The summed E-state index contributed by atoms with van der Waals surface area (Å²) < 4.78 is 5.17. The van der Waals surface area contributed by atoms with E-state index in [2.05, 4.69) is 15.5 Å². The average molecular weight is 314 g/mol. The van der Waals surface area contributed by atoms with Crippen LogP contribution in [0.5, 0.6) is 5.75 Å². The van der Waals surface area contributed by atoms with Crippen molar-refractivity contribution in [2.75, 3.05) is 39.8 Å². The fraction of sp³-hybridized carbons (Fsp3) is 0.533. The Morgan fingerprint density at radius 1 is 1.38 bits per heavy atom. The molecule has 2 N–H and O–H groups in total. The number of carbonyl (C=O) groups is 1. The number of halogens is 1. The third-order valence-electron chi connectivity index (χ3n) is 3.42. The number of ether oxygens (including phenoxy) is 1. The predicted molar refractivity (Wildman–Crippen MR) is 86.0 cm³/mol. The van der Waals surface area contributed by atoms with Gasteiger partial charge in [0.25, 0.3) is 0 Å². The Balaban J connectivity index is 0.00000220. The molecule has 0 spiro atoms. The Hall–Kier alpha value is -1.30. The molecular formula is C15H24ClN3O2. The molecular weight excluding hydrogens is 290 g/mol. The first-order chi connectivity index (χ1) is 9.78. The normalized spacial score (nSPS) is 15.7. The summed E-state index contributed by atoms with van der Waals surface area (Å²) in [6.45, 7) is 4.95. The molecule has 1 aromatic carbocycles. The lowest BCUT2D eigenvalue weighted by Gasteiger charge is -2.18. The van der Waals surface area contributed by atoms with Crippen LogP contribution < -0.4 is 15.4 Å². The van der Waals surface area contributed by atoms with Gasteiger partial charge in [0.2, 0.25) is 5.91 Å². The van der Waals surface area contributed by atoms with Crippen molar-refractivity contribution in [1.29, 1.82) is 0 Å². The Kier molecular flexibility index (Phi) is 8.12. The third-order valence-corrected chi connectivity index (χ3v) is 3.42. The molecule has 0 aromatic heterocycles. The lowest BCUT2D eigenvalue weighted by molar-refractivity contribution is -0.122. The van der Waals surface area contributed by atoms with Gasteiger partial charge in [0, 0.05) is 19.6 Å². The van der Waals surface area contributed by atoms with Crippen molar-refractivity contribution in [3.63, 3.8) is 0 Å². The van der Waals surface area contributed by atoms with Gasteiger partial charge in [-0.15, -0.1) is 12.4 Å². The highest BCUT2D eigenvalue weighted by atomic mass is 35.5. The van der Waals surface area contributed by atoms with Gasteiger partial charge in [-0.3, -0.25) is 9.69 Å². The SMILES string of the molecule is COc1cccc(CNC(=O)CN2CCCNCC2)c1.Cl. The van der Waals surface area contributed by atoms with Gasteiger partial charge < -0.3 is 15.4 Å². The number of amides is 1. The number of hydrogen-bond acceptors (Lipinski definition) is 4. The van der Waals surface area contributed by atoms with Crippen LogP contribution in [0.3, 0.4) is 0 Å². The monoisotopic (exact) mass is 313 g/mol. The number of nitrogens with one attached hydrogen (secondary N) is 2. The quantitative estimate of drug-likeness (QED) is 0.852. The molecule has 1 aliphatic heterocycles. The number of hydrogen-bond donors (Lipinski definition) is 2. The summed E-state index contributed by atoms with van der Waals surface area (Å²) >= 11 is 0. The van der Waals surface area contributed by atoms with Gasteiger partial charge in [0.1, 0.15) is 5.75 Å². The summed E-state index contributed by atoms with van der Waals surface area (Å²) in [5, 5.41) is 6.30. The number of nitrogens with zero attached hydrogens (tertiary/aromatic N) is 1. The molecule has 1 saturated heterocycles. The fourth-order valence-electron chi connectivity index (χ4n) is 2.30. The number of carbonyl (C=O) groups excluding carboxylic acids is 1. The molecule has 0 radical (unpaired) electrons. The molecule has 0 saturated carbocycles. The highest BCUT2D eigenvalue weighted by Gasteiger charge is 2.12. The van der Waals surface area contributed by atoms with Gasteiger partial charge in [-0.25, -0.2) is 0 Å². The van der Waals surface area contributed by atoms with Gasteiger partial charge >= 0.3 is 0 Å². The van der Waals surface area contributed by atoms with Crippen LogP contribution in [0, 0.1) is 0 Å². The van der Waals surface area contributed by atoms with Crippen molar-refractivity contribution in [3.05, 3.63) is 29.8 Å². The predicted octanol–water partition coefficient (Wildman–Crippen LogP) is 1.03. The van der Waals surface area contributed by atoms with Gasteiger partial charge in [0.15, 0.2) is 0 Å². The Morgan fingerprint density at radius 3 is 3.05 bits per heavy atom. The lowest BCUT2D eigenvalue weighted by atomic mass is 10.2. The van der Waals surface area contributed by atoms with Crippen LogP contribution in [0.2, 0.25) is 0 Å². The molecule has 118 valence electrons. The molecule has 1 heterocycles. The first-order valence-corrected chi connectivity index (χ1v) is 7.10. The van der Waals surface area contributed by atoms with Crippen LogP contribution in [-0.4, -0.2) is 50.6 Å². The standard InChI is InChI=1S/C15H23N3O2.ClH/c1-20-14-5-2-4-13(10-14)11-17-15(19)12-18-8-3-6-16-7-9-18;/h2,4-5,10,16H,3,6-9,11-12H2,1H3,(H,17,19);1H. The average Bonchev–Trinajstić information content (AvgIpc) is 2.74. The second kappa shape index (κ2) is 9.60. The summed E-state index contributed by atoms with van der Waals surface area (Å²) in [6.07, 6.45) is 1.10. The fourth-order valence-corrected chi connectivity index (χ4v) is 2.30. The van der Waals surface area contributed by atoms with Crippen LogP contribution in [0.1, 0.15) is 12.0 Å². The molecule has 1 amide bonds. The zero-order valence-corrected chi connectivity index (χ0v) is 13.2. The van der Waals surface area contributed by atoms with E-state index >= 15 is 0 Å². The van der Waals surface area contributed by atoms with Crippen molar-refractivity contribution in [3.8, 4) is 5.75 Å². The van der Waals surface area contributed by atoms with Gasteiger partial charge in [-0.1, -0.05) is 12.1 Å². The zero-order valence-electron chi connectivity index (χ0n) is 12.4. The summed E-state index contributed by atoms with van der Waals surface area (Å²) in [7, 11) is 1.64. The van der Waals surface area contributed by atoms with E-state index in [9.17, 15) is 4.79 Å². The zero-order chi connectivity index (χ0) is 14.2. The van der Waals surface area contributed by atoms with Crippen LogP contribution in [0.25, 0.3) is 0 Å². The van der Waals surface area contributed by atoms with E-state index in [1.165, 1.54) is 0 Å². The minimum Gasteiger partial charge on any atom is -0.497 e. The lowest BCUT2D eigenvalue weighted by Crippen LogP contribution is -2.38. The molecule has 5 nitrogen and oxygen atoms in total. The third kappa shape index (κ3) is 6.33. The Bertz CT molecular complexity index is 435. The first-order valence-electron chi connectivity index (χ1n) is 7.10. The van der Waals surface area contributed by atoms with E-state index < -0.39 is 0 Å². The van der Waals surface area contributed by atoms with Crippen LogP contribution in [0.4, 0.5) is 0 Å². The van der Waals surface area contributed by atoms with Crippen molar-refractivity contribution >= 4 is 18.3 Å².